The second-order valence-corrected chi connectivity index (χ2v) is 7.40. The van der Waals surface area contributed by atoms with Crippen molar-refractivity contribution in [3.8, 4) is 0 Å². The number of carbonyl (C=O) groups is 1. The molecule has 1 aliphatic rings. The molecule has 0 radical (unpaired) electrons. The van der Waals surface area contributed by atoms with Crippen LogP contribution in [-0.2, 0) is 21.2 Å². The summed E-state index contributed by atoms with van der Waals surface area (Å²) in [6.45, 7) is 4.11. The molecular weight excluding hydrogens is 288 g/mol. The number of sulfonamides is 1. The molecule has 1 aromatic carbocycles. The Hall–Kier alpha value is -1.56. The van der Waals surface area contributed by atoms with Crippen LogP contribution < -0.4 is 9.62 Å². The molecule has 5 nitrogen and oxygen atoms in total. The molecule has 6 heteroatoms. The first kappa shape index (κ1) is 15.8. The molecule has 116 valence electrons. The molecule has 0 saturated heterocycles. The largest absolute Gasteiger partial charge is 0.326 e. The predicted molar refractivity (Wildman–Crippen MR) is 85.1 cm³/mol. The van der Waals surface area contributed by atoms with Crippen molar-refractivity contribution in [2.24, 2.45) is 0 Å². The molecule has 0 atom stereocenters. The zero-order valence-corrected chi connectivity index (χ0v) is 13.4. The highest BCUT2D eigenvalue weighted by atomic mass is 32.2. The first-order valence-corrected chi connectivity index (χ1v) is 9.02. The molecule has 0 bridgehead atoms. The van der Waals surface area contributed by atoms with E-state index in [-0.39, 0.29) is 11.7 Å². The van der Waals surface area contributed by atoms with Crippen LogP contribution in [0.25, 0.3) is 0 Å². The van der Waals surface area contributed by atoms with Crippen molar-refractivity contribution in [1.29, 1.82) is 0 Å². The van der Waals surface area contributed by atoms with Gasteiger partial charge in [0.1, 0.15) is 0 Å². The van der Waals surface area contributed by atoms with Gasteiger partial charge in [0.15, 0.2) is 0 Å². The van der Waals surface area contributed by atoms with Gasteiger partial charge in [-0.3, -0.25) is 9.10 Å². The Labute approximate surface area is 126 Å². The second kappa shape index (κ2) is 6.47. The van der Waals surface area contributed by atoms with Gasteiger partial charge in [0.2, 0.25) is 15.9 Å². The van der Waals surface area contributed by atoms with Gasteiger partial charge >= 0.3 is 0 Å². The lowest BCUT2D eigenvalue weighted by Crippen LogP contribution is -2.36. The maximum Gasteiger partial charge on any atom is 0.234 e. The number of hydrogen-bond donors (Lipinski definition) is 1. The number of hydrogen-bond acceptors (Lipinski definition) is 3. The molecule has 1 aromatic rings. The van der Waals surface area contributed by atoms with E-state index in [1.807, 2.05) is 19.1 Å². The van der Waals surface area contributed by atoms with Crippen LogP contribution in [0.1, 0.15) is 38.7 Å². The predicted octanol–water partition coefficient (Wildman–Crippen LogP) is 2.53. The van der Waals surface area contributed by atoms with E-state index in [0.29, 0.717) is 24.3 Å². The summed E-state index contributed by atoms with van der Waals surface area (Å²) in [5, 5.41) is 2.82. The fraction of sp³-hybridized carbons (Fsp3) is 0.533. The van der Waals surface area contributed by atoms with Gasteiger partial charge in [-0.2, -0.15) is 0 Å². The van der Waals surface area contributed by atoms with Crippen LogP contribution in [0, 0.1) is 0 Å². The average molecular weight is 310 g/mol. The molecule has 0 aliphatic carbocycles. The van der Waals surface area contributed by atoms with Crippen LogP contribution in [0.2, 0.25) is 0 Å². The Morgan fingerprint density at radius 2 is 2.10 bits per heavy atom. The molecule has 1 heterocycles. The van der Waals surface area contributed by atoms with E-state index in [0.717, 1.165) is 24.8 Å². The smallest absolute Gasteiger partial charge is 0.234 e. The van der Waals surface area contributed by atoms with Gasteiger partial charge in [0.25, 0.3) is 0 Å². The Kier molecular flexibility index (Phi) is 4.88. The van der Waals surface area contributed by atoms with Crippen molar-refractivity contribution in [1.82, 2.24) is 0 Å². The van der Waals surface area contributed by atoms with Crippen molar-refractivity contribution in [3.63, 3.8) is 0 Å². The van der Waals surface area contributed by atoms with Crippen LogP contribution in [0.4, 0.5) is 11.4 Å². The number of amides is 1. The van der Waals surface area contributed by atoms with E-state index in [1.54, 1.807) is 13.0 Å². The van der Waals surface area contributed by atoms with Gasteiger partial charge < -0.3 is 5.32 Å². The number of aryl methyl sites for hydroxylation is 1. The first-order valence-electron chi connectivity index (χ1n) is 7.41. The third kappa shape index (κ3) is 3.56. The zero-order valence-electron chi connectivity index (χ0n) is 12.6. The summed E-state index contributed by atoms with van der Waals surface area (Å²) in [6.07, 6.45) is 2.95. The van der Waals surface area contributed by atoms with Gasteiger partial charge in [0, 0.05) is 18.7 Å². The summed E-state index contributed by atoms with van der Waals surface area (Å²) in [5.41, 5.74) is 2.38. The molecule has 0 aromatic heterocycles. The lowest BCUT2D eigenvalue weighted by atomic mass is 10.0. The van der Waals surface area contributed by atoms with Crippen molar-refractivity contribution in [3.05, 3.63) is 23.8 Å². The van der Waals surface area contributed by atoms with Crippen LogP contribution in [0.15, 0.2) is 18.2 Å². The lowest BCUT2D eigenvalue weighted by molar-refractivity contribution is -0.116. The van der Waals surface area contributed by atoms with E-state index >= 15 is 0 Å². The van der Waals surface area contributed by atoms with Gasteiger partial charge in [-0.05, 0) is 43.9 Å². The van der Waals surface area contributed by atoms with Crippen molar-refractivity contribution in [2.45, 2.75) is 39.5 Å². The summed E-state index contributed by atoms with van der Waals surface area (Å²) in [6, 6.07) is 5.53. The Morgan fingerprint density at radius 3 is 2.76 bits per heavy atom. The van der Waals surface area contributed by atoms with Crippen molar-refractivity contribution < 1.29 is 13.2 Å². The minimum absolute atomic E-state index is 0.0434. The molecule has 2 rings (SSSR count). The van der Waals surface area contributed by atoms with Gasteiger partial charge in [-0.25, -0.2) is 8.42 Å². The third-order valence-corrected chi connectivity index (χ3v) is 5.40. The summed E-state index contributed by atoms with van der Waals surface area (Å²) in [4.78, 5) is 11.7. The Balaban J connectivity index is 2.32. The minimum atomic E-state index is -3.27. The molecule has 0 fully saturated rings. The fourth-order valence-electron chi connectivity index (χ4n) is 2.51. The van der Waals surface area contributed by atoms with Crippen LogP contribution in [0.3, 0.4) is 0 Å². The van der Waals surface area contributed by atoms with Gasteiger partial charge in [0.05, 0.1) is 11.4 Å². The Morgan fingerprint density at radius 1 is 1.33 bits per heavy atom. The molecular formula is C15H22N2O3S. The lowest BCUT2D eigenvalue weighted by Gasteiger charge is -2.30. The minimum Gasteiger partial charge on any atom is -0.326 e. The molecule has 21 heavy (non-hydrogen) atoms. The molecule has 1 aliphatic heterocycles. The number of nitrogens with one attached hydrogen (secondary N) is 1. The van der Waals surface area contributed by atoms with Crippen LogP contribution >= 0.6 is 0 Å². The van der Waals surface area contributed by atoms with Gasteiger partial charge in [-0.1, -0.05) is 13.0 Å². The molecule has 1 N–H and O–H groups in total. The summed E-state index contributed by atoms with van der Waals surface area (Å²) in [7, 11) is -3.27. The number of nitrogens with zero attached hydrogens (tertiary/aromatic N) is 1. The summed E-state index contributed by atoms with van der Waals surface area (Å²) < 4.78 is 25.9. The second-order valence-electron chi connectivity index (χ2n) is 5.22. The van der Waals surface area contributed by atoms with E-state index in [1.165, 1.54) is 4.31 Å². The molecule has 0 saturated carbocycles. The van der Waals surface area contributed by atoms with E-state index in [9.17, 15) is 13.2 Å². The van der Waals surface area contributed by atoms with Crippen molar-refractivity contribution >= 4 is 27.3 Å². The summed E-state index contributed by atoms with van der Waals surface area (Å²) in [5.74, 6) is 0.0388. The number of rotatable bonds is 5. The highest BCUT2D eigenvalue weighted by molar-refractivity contribution is 7.92. The van der Waals surface area contributed by atoms with Crippen LogP contribution in [0.5, 0.6) is 0 Å². The monoisotopic (exact) mass is 310 g/mol. The fourth-order valence-corrected chi connectivity index (χ4v) is 3.70. The first-order chi connectivity index (χ1) is 9.97. The average Bonchev–Trinajstić information content (AvgIpc) is 2.46. The number of anilines is 2. The van der Waals surface area contributed by atoms with E-state index < -0.39 is 10.0 Å². The highest BCUT2D eigenvalue weighted by Gasteiger charge is 2.26. The normalized spacial score (nSPS) is 14.7. The van der Waals surface area contributed by atoms with Crippen molar-refractivity contribution in [2.75, 3.05) is 21.9 Å². The maximum atomic E-state index is 12.2. The molecule has 1 amide bonds. The van der Waals surface area contributed by atoms with Crippen LogP contribution in [-0.4, -0.2) is 26.6 Å². The zero-order chi connectivity index (χ0) is 15.5. The standard InChI is InChI=1S/C15H22N2O3S/c1-3-6-15(18)16-13-9-8-12-7-5-10-17(14(12)11-13)21(19,20)4-2/h8-9,11H,3-7,10H2,1-2H3,(H,16,18). The quantitative estimate of drug-likeness (QED) is 0.909. The SMILES string of the molecule is CCCC(=O)Nc1ccc2c(c1)N(S(=O)(=O)CC)CCC2. The highest BCUT2D eigenvalue weighted by Crippen LogP contribution is 2.32. The summed E-state index contributed by atoms with van der Waals surface area (Å²) >= 11 is 0. The number of fused-ring (bicyclic) bond motifs is 1. The number of benzene rings is 1. The van der Waals surface area contributed by atoms with Gasteiger partial charge in [-0.15, -0.1) is 0 Å². The number of carbonyl (C=O) groups excluding carboxylic acids is 1. The molecule has 0 spiro atoms. The third-order valence-electron chi connectivity index (χ3n) is 3.62. The Bertz CT molecular complexity index is 626. The van der Waals surface area contributed by atoms with E-state index in [4.69, 9.17) is 0 Å². The maximum absolute atomic E-state index is 12.2. The molecule has 0 unspecified atom stereocenters. The van der Waals surface area contributed by atoms with E-state index in [2.05, 4.69) is 5.32 Å². The topological polar surface area (TPSA) is 66.5 Å².